The topological polar surface area (TPSA) is 71.3 Å². The molecule has 0 saturated heterocycles. The van der Waals surface area contributed by atoms with Gasteiger partial charge in [0.1, 0.15) is 23.0 Å². The number of furan rings is 1. The van der Waals surface area contributed by atoms with Crippen LogP contribution >= 0.6 is 0 Å². The van der Waals surface area contributed by atoms with Gasteiger partial charge in [0.15, 0.2) is 0 Å². The molecule has 0 aliphatic heterocycles. The molecule has 21 heavy (non-hydrogen) atoms. The first-order valence-corrected chi connectivity index (χ1v) is 7.92. The predicted molar refractivity (Wildman–Crippen MR) is 71.4 cm³/mol. The molecular weight excluding hydrogens is 309 g/mol. The standard InChI is InChI=1S/C12H19F3N2O3S/c1-4-5-16-6-10-8(2)20-9(3)11(10)21(18,19)17-7-12(13,14)15/h16-17H,4-7H2,1-3H3. The van der Waals surface area contributed by atoms with Crippen LogP contribution in [-0.2, 0) is 16.6 Å². The lowest BCUT2D eigenvalue weighted by atomic mass is 10.2. The molecule has 0 fully saturated rings. The second-order valence-electron chi connectivity index (χ2n) is 4.64. The number of rotatable bonds is 7. The van der Waals surface area contributed by atoms with Crippen molar-refractivity contribution in [3.63, 3.8) is 0 Å². The Morgan fingerprint density at radius 2 is 1.81 bits per heavy atom. The Morgan fingerprint density at radius 1 is 1.19 bits per heavy atom. The minimum atomic E-state index is -4.61. The predicted octanol–water partition coefficient (Wildman–Crippen LogP) is 2.24. The summed E-state index contributed by atoms with van der Waals surface area (Å²) in [6, 6.07) is 0. The molecule has 0 spiro atoms. The molecule has 0 bridgehead atoms. The number of hydrogen-bond donors (Lipinski definition) is 2. The first kappa shape index (κ1) is 18.0. The zero-order chi connectivity index (χ0) is 16.3. The molecule has 9 heteroatoms. The zero-order valence-corrected chi connectivity index (χ0v) is 12.9. The van der Waals surface area contributed by atoms with Crippen molar-refractivity contribution in [2.24, 2.45) is 0 Å². The average molecular weight is 328 g/mol. The molecule has 0 radical (unpaired) electrons. The highest BCUT2D eigenvalue weighted by Crippen LogP contribution is 2.27. The van der Waals surface area contributed by atoms with Gasteiger partial charge in [-0.05, 0) is 26.8 Å². The van der Waals surface area contributed by atoms with Crippen molar-refractivity contribution in [1.29, 1.82) is 0 Å². The molecule has 0 aromatic carbocycles. The van der Waals surface area contributed by atoms with E-state index in [-0.39, 0.29) is 17.2 Å². The molecule has 5 nitrogen and oxygen atoms in total. The Morgan fingerprint density at radius 3 is 2.33 bits per heavy atom. The van der Waals surface area contributed by atoms with E-state index in [1.54, 1.807) is 11.6 Å². The Bertz CT molecular complexity index is 579. The first-order chi connectivity index (χ1) is 9.58. The van der Waals surface area contributed by atoms with Crippen molar-refractivity contribution in [1.82, 2.24) is 10.0 Å². The molecule has 1 rings (SSSR count). The summed E-state index contributed by atoms with van der Waals surface area (Å²) in [5.74, 6) is 0.457. The van der Waals surface area contributed by atoms with Crippen LogP contribution in [0.1, 0.15) is 30.4 Å². The molecule has 0 unspecified atom stereocenters. The molecule has 122 valence electrons. The maximum absolute atomic E-state index is 12.2. The molecule has 0 aliphatic carbocycles. The summed E-state index contributed by atoms with van der Waals surface area (Å²) in [5.41, 5.74) is 0.357. The van der Waals surface area contributed by atoms with E-state index >= 15 is 0 Å². The van der Waals surface area contributed by atoms with Crippen LogP contribution < -0.4 is 10.0 Å². The number of nitrogens with one attached hydrogen (secondary N) is 2. The third-order valence-corrected chi connectivity index (χ3v) is 4.38. The highest BCUT2D eigenvalue weighted by molar-refractivity contribution is 7.89. The van der Waals surface area contributed by atoms with E-state index in [1.807, 2.05) is 6.92 Å². The summed E-state index contributed by atoms with van der Waals surface area (Å²) < 4.78 is 67.5. The average Bonchev–Trinajstić information content (AvgIpc) is 2.62. The van der Waals surface area contributed by atoms with Crippen LogP contribution in [0.4, 0.5) is 13.2 Å². The van der Waals surface area contributed by atoms with Gasteiger partial charge in [-0.15, -0.1) is 0 Å². The van der Waals surface area contributed by atoms with E-state index in [4.69, 9.17) is 4.42 Å². The van der Waals surface area contributed by atoms with E-state index < -0.39 is 22.7 Å². The van der Waals surface area contributed by atoms with Crippen molar-refractivity contribution < 1.29 is 26.0 Å². The van der Waals surface area contributed by atoms with Crippen molar-refractivity contribution in [3.8, 4) is 0 Å². The summed E-state index contributed by atoms with van der Waals surface area (Å²) in [4.78, 5) is -0.215. The minimum Gasteiger partial charge on any atom is -0.465 e. The lowest BCUT2D eigenvalue weighted by molar-refractivity contribution is -0.121. The van der Waals surface area contributed by atoms with Gasteiger partial charge in [0.2, 0.25) is 10.0 Å². The van der Waals surface area contributed by atoms with Gasteiger partial charge < -0.3 is 9.73 Å². The lowest BCUT2D eigenvalue weighted by Gasteiger charge is -2.11. The Balaban J connectivity index is 3.04. The molecule has 1 heterocycles. The second kappa shape index (κ2) is 6.80. The zero-order valence-electron chi connectivity index (χ0n) is 12.1. The molecule has 0 aliphatic rings. The molecule has 0 saturated carbocycles. The maximum atomic E-state index is 12.2. The fraction of sp³-hybridized carbons (Fsp3) is 0.667. The quantitative estimate of drug-likeness (QED) is 0.753. The van der Waals surface area contributed by atoms with Crippen LogP contribution in [0.15, 0.2) is 9.31 Å². The minimum absolute atomic E-state index is 0.0791. The SMILES string of the molecule is CCCNCc1c(C)oc(C)c1S(=O)(=O)NCC(F)(F)F. The van der Waals surface area contributed by atoms with Crippen LogP contribution in [0.2, 0.25) is 0 Å². The summed E-state index contributed by atoms with van der Waals surface area (Å²) in [7, 11) is -4.27. The molecule has 0 atom stereocenters. The molecule has 1 aromatic rings. The van der Waals surface area contributed by atoms with Crippen molar-refractivity contribution in [2.75, 3.05) is 13.1 Å². The summed E-state index contributed by atoms with van der Waals surface area (Å²) in [6.07, 6.45) is -3.76. The van der Waals surface area contributed by atoms with Crippen LogP contribution in [0.5, 0.6) is 0 Å². The Labute approximate surface area is 122 Å². The van der Waals surface area contributed by atoms with Crippen molar-refractivity contribution in [2.45, 2.75) is 44.8 Å². The van der Waals surface area contributed by atoms with E-state index in [2.05, 4.69) is 5.32 Å². The van der Waals surface area contributed by atoms with Crippen molar-refractivity contribution in [3.05, 3.63) is 17.1 Å². The van der Waals surface area contributed by atoms with E-state index in [0.29, 0.717) is 17.9 Å². The van der Waals surface area contributed by atoms with Crippen molar-refractivity contribution >= 4 is 10.0 Å². The molecule has 0 amide bonds. The van der Waals surface area contributed by atoms with Gasteiger partial charge in [0.05, 0.1) is 0 Å². The largest absolute Gasteiger partial charge is 0.465 e. The number of aryl methyl sites for hydroxylation is 2. The second-order valence-corrected chi connectivity index (χ2v) is 6.34. The van der Waals surface area contributed by atoms with Crippen LogP contribution in [0.3, 0.4) is 0 Å². The summed E-state index contributed by atoms with van der Waals surface area (Å²) in [6.45, 7) is 4.22. The Hall–Kier alpha value is -1.06. The monoisotopic (exact) mass is 328 g/mol. The van der Waals surface area contributed by atoms with Crippen LogP contribution in [0, 0.1) is 13.8 Å². The highest BCUT2D eigenvalue weighted by Gasteiger charge is 2.33. The van der Waals surface area contributed by atoms with E-state index in [1.165, 1.54) is 6.92 Å². The van der Waals surface area contributed by atoms with Gasteiger partial charge in [-0.25, -0.2) is 13.1 Å². The number of alkyl halides is 3. The highest BCUT2D eigenvalue weighted by atomic mass is 32.2. The Kier molecular flexibility index (Phi) is 5.83. The first-order valence-electron chi connectivity index (χ1n) is 6.44. The van der Waals surface area contributed by atoms with Gasteiger partial charge in [0.25, 0.3) is 0 Å². The summed E-state index contributed by atoms with van der Waals surface area (Å²) in [5, 5.41) is 3.02. The number of hydrogen-bond acceptors (Lipinski definition) is 4. The maximum Gasteiger partial charge on any atom is 0.402 e. The molecule has 1 aromatic heterocycles. The fourth-order valence-corrected chi connectivity index (χ4v) is 3.36. The van der Waals surface area contributed by atoms with Gasteiger partial charge in [-0.3, -0.25) is 0 Å². The normalized spacial score (nSPS) is 12.9. The van der Waals surface area contributed by atoms with Gasteiger partial charge in [-0.1, -0.05) is 6.92 Å². The third kappa shape index (κ3) is 5.01. The van der Waals surface area contributed by atoms with Gasteiger partial charge in [-0.2, -0.15) is 13.2 Å². The van der Waals surface area contributed by atoms with Crippen LogP contribution in [-0.4, -0.2) is 27.7 Å². The van der Waals surface area contributed by atoms with Crippen LogP contribution in [0.25, 0.3) is 0 Å². The van der Waals surface area contributed by atoms with Gasteiger partial charge in [0, 0.05) is 12.1 Å². The smallest absolute Gasteiger partial charge is 0.402 e. The third-order valence-electron chi connectivity index (χ3n) is 2.78. The number of halogens is 3. The van der Waals surface area contributed by atoms with Gasteiger partial charge >= 0.3 is 6.18 Å². The fourth-order valence-electron chi connectivity index (χ4n) is 1.91. The number of sulfonamides is 1. The lowest BCUT2D eigenvalue weighted by Crippen LogP contribution is -2.34. The van der Waals surface area contributed by atoms with E-state index in [0.717, 1.165) is 6.42 Å². The summed E-state index contributed by atoms with van der Waals surface area (Å²) >= 11 is 0. The van der Waals surface area contributed by atoms with E-state index in [9.17, 15) is 21.6 Å². The molecule has 2 N–H and O–H groups in total. The molecular formula is C12H19F3N2O3S.